The highest BCUT2D eigenvalue weighted by Crippen LogP contribution is 2.22. The molecule has 1 heterocycles. The summed E-state index contributed by atoms with van der Waals surface area (Å²) in [4.78, 5) is 32.7. The quantitative estimate of drug-likeness (QED) is 0.454. The molecule has 0 radical (unpaired) electrons. The first kappa shape index (κ1) is 22.6. The average molecular weight is 410 g/mol. The summed E-state index contributed by atoms with van der Waals surface area (Å²) in [5.74, 6) is -1.34. The molecule has 0 spiro atoms. The van der Waals surface area contributed by atoms with E-state index in [4.69, 9.17) is 10.5 Å². The second-order valence-electron chi connectivity index (χ2n) is 7.09. The Morgan fingerprint density at radius 2 is 2.00 bits per heavy atom. The monoisotopic (exact) mass is 410 g/mol. The van der Waals surface area contributed by atoms with Crippen LogP contribution in [0.4, 0.5) is 5.69 Å². The van der Waals surface area contributed by atoms with Crippen LogP contribution < -0.4 is 11.1 Å². The number of esters is 1. The van der Waals surface area contributed by atoms with Gasteiger partial charge in [0.05, 0.1) is 17.7 Å². The number of nitrogens with zero attached hydrogens (tertiary/aromatic N) is 2. The fourth-order valence-electron chi connectivity index (χ4n) is 2.44. The predicted octanol–water partition coefficient (Wildman–Crippen LogP) is 2.81. The van der Waals surface area contributed by atoms with Gasteiger partial charge in [-0.2, -0.15) is 0 Å². The van der Waals surface area contributed by atoms with Crippen LogP contribution in [-0.4, -0.2) is 41.3 Å². The highest BCUT2D eigenvalue weighted by atomic mass is 16.5. The number of nitrogens with two attached hydrogens (primary N) is 1. The Bertz CT molecular complexity index is 953. The van der Waals surface area contributed by atoms with Gasteiger partial charge in [-0.1, -0.05) is 18.2 Å². The lowest BCUT2D eigenvalue weighted by Gasteiger charge is -2.22. The van der Waals surface area contributed by atoms with Gasteiger partial charge in [0.1, 0.15) is 5.75 Å². The Kier molecular flexibility index (Phi) is 7.69. The van der Waals surface area contributed by atoms with Crippen molar-refractivity contribution in [2.75, 3.05) is 13.2 Å². The lowest BCUT2D eigenvalue weighted by Crippen LogP contribution is -2.40. The van der Waals surface area contributed by atoms with Crippen LogP contribution in [-0.2, 0) is 9.53 Å². The van der Waals surface area contributed by atoms with Gasteiger partial charge >= 0.3 is 5.97 Å². The van der Waals surface area contributed by atoms with E-state index in [0.717, 1.165) is 5.69 Å². The highest BCUT2D eigenvalue weighted by Gasteiger charge is 2.30. The van der Waals surface area contributed by atoms with E-state index in [9.17, 15) is 14.7 Å². The number of allylic oxidation sites excluding steroid dienone is 1. The molecule has 0 atom stereocenters. The van der Waals surface area contributed by atoms with Crippen LogP contribution in [0, 0.1) is 5.41 Å². The number of carbonyl (C=O) groups excluding carboxylic acids is 2. The summed E-state index contributed by atoms with van der Waals surface area (Å²) in [5.41, 5.74) is 6.38. The fraction of sp³-hybridized carbons (Fsp3) is 0.273. The predicted molar refractivity (Wildman–Crippen MR) is 115 cm³/mol. The van der Waals surface area contributed by atoms with Crippen molar-refractivity contribution < 1.29 is 19.4 Å². The minimum atomic E-state index is -0.912. The number of hydrogen-bond acceptors (Lipinski definition) is 7. The second kappa shape index (κ2) is 10.2. The van der Waals surface area contributed by atoms with E-state index < -0.39 is 17.3 Å². The van der Waals surface area contributed by atoms with Crippen LogP contribution in [0.1, 0.15) is 36.8 Å². The molecule has 4 N–H and O–H groups in total. The van der Waals surface area contributed by atoms with E-state index in [1.54, 1.807) is 27.0 Å². The standard InChI is InChI=1S/C22H26N4O4/c1-4-30-21(29)22(2,3)14-26-20(28)19-18(27)10-15(12-25-19)16(11-23)13-24-17-8-6-5-7-9-17/h5-13,27H,4,14,23H2,1-3H3,(H,26,28)/b16-11+,24-13?. The third-order valence-corrected chi connectivity index (χ3v) is 4.22. The van der Waals surface area contributed by atoms with Crippen molar-refractivity contribution >= 4 is 29.4 Å². The summed E-state index contributed by atoms with van der Waals surface area (Å²) >= 11 is 0. The Labute approximate surface area is 175 Å². The maximum Gasteiger partial charge on any atom is 0.313 e. The van der Waals surface area contributed by atoms with Gasteiger partial charge in [-0.3, -0.25) is 14.6 Å². The zero-order valence-electron chi connectivity index (χ0n) is 17.3. The zero-order valence-corrected chi connectivity index (χ0v) is 17.3. The average Bonchev–Trinajstić information content (AvgIpc) is 2.73. The Morgan fingerprint density at radius 3 is 2.60 bits per heavy atom. The van der Waals surface area contributed by atoms with Crippen molar-refractivity contribution in [3.8, 4) is 5.75 Å². The van der Waals surface area contributed by atoms with Crippen LogP contribution in [0.3, 0.4) is 0 Å². The molecule has 158 valence electrons. The molecule has 2 rings (SSSR count). The van der Waals surface area contributed by atoms with E-state index in [1.807, 2.05) is 30.3 Å². The van der Waals surface area contributed by atoms with Gasteiger partial charge in [0.15, 0.2) is 5.69 Å². The first-order valence-corrected chi connectivity index (χ1v) is 9.44. The first-order chi connectivity index (χ1) is 14.3. The van der Waals surface area contributed by atoms with Crippen LogP contribution in [0.25, 0.3) is 5.57 Å². The molecule has 8 nitrogen and oxygen atoms in total. The molecule has 8 heteroatoms. The van der Waals surface area contributed by atoms with E-state index in [1.165, 1.54) is 18.5 Å². The van der Waals surface area contributed by atoms with E-state index in [0.29, 0.717) is 11.1 Å². The summed E-state index contributed by atoms with van der Waals surface area (Å²) in [6.07, 6.45) is 4.30. The Morgan fingerprint density at radius 1 is 1.30 bits per heavy atom. The SMILES string of the molecule is CCOC(=O)C(C)(C)CNC(=O)c1ncc(/C(C=Nc2ccccc2)=C/N)cc1O. The molecule has 0 unspecified atom stereocenters. The van der Waals surface area contributed by atoms with Crippen LogP contribution >= 0.6 is 0 Å². The molecule has 2 aromatic rings. The lowest BCUT2D eigenvalue weighted by atomic mass is 9.93. The number of amides is 1. The van der Waals surface area contributed by atoms with E-state index in [2.05, 4.69) is 15.3 Å². The minimum Gasteiger partial charge on any atom is -0.505 e. The first-order valence-electron chi connectivity index (χ1n) is 9.44. The Hall–Kier alpha value is -3.68. The fourth-order valence-corrected chi connectivity index (χ4v) is 2.44. The third-order valence-electron chi connectivity index (χ3n) is 4.22. The number of para-hydroxylation sites is 1. The molecule has 0 aliphatic rings. The number of ether oxygens (including phenoxy) is 1. The van der Waals surface area contributed by atoms with Crippen LogP contribution in [0.15, 0.2) is 53.8 Å². The van der Waals surface area contributed by atoms with Crippen molar-refractivity contribution in [1.29, 1.82) is 0 Å². The molecular formula is C22H26N4O4. The normalized spacial score (nSPS) is 12.0. The van der Waals surface area contributed by atoms with E-state index in [-0.39, 0.29) is 24.6 Å². The molecule has 1 amide bonds. The maximum atomic E-state index is 12.4. The molecule has 0 bridgehead atoms. The highest BCUT2D eigenvalue weighted by molar-refractivity contribution is 6.10. The van der Waals surface area contributed by atoms with E-state index >= 15 is 0 Å². The molecular weight excluding hydrogens is 384 g/mol. The number of aromatic hydroxyl groups is 1. The maximum absolute atomic E-state index is 12.4. The molecule has 1 aromatic heterocycles. The number of nitrogens with one attached hydrogen (secondary N) is 1. The molecule has 30 heavy (non-hydrogen) atoms. The van der Waals surface area contributed by atoms with Crippen molar-refractivity contribution in [1.82, 2.24) is 10.3 Å². The smallest absolute Gasteiger partial charge is 0.313 e. The molecule has 1 aromatic carbocycles. The van der Waals surface area contributed by atoms with Crippen molar-refractivity contribution in [3.05, 3.63) is 60.1 Å². The number of pyridine rings is 1. The Balaban J connectivity index is 2.11. The summed E-state index contributed by atoms with van der Waals surface area (Å²) in [6, 6.07) is 10.7. The number of benzene rings is 1. The number of aromatic nitrogens is 1. The van der Waals surface area contributed by atoms with Crippen molar-refractivity contribution in [2.24, 2.45) is 16.1 Å². The van der Waals surface area contributed by atoms with Crippen molar-refractivity contribution in [2.45, 2.75) is 20.8 Å². The molecule has 0 aliphatic heterocycles. The lowest BCUT2D eigenvalue weighted by molar-refractivity contribution is -0.153. The summed E-state index contributed by atoms with van der Waals surface area (Å²) in [7, 11) is 0. The minimum absolute atomic E-state index is 0.0330. The topological polar surface area (TPSA) is 127 Å². The largest absolute Gasteiger partial charge is 0.505 e. The van der Waals surface area contributed by atoms with Crippen LogP contribution in [0.2, 0.25) is 0 Å². The van der Waals surface area contributed by atoms with Gasteiger partial charge in [0.25, 0.3) is 5.91 Å². The zero-order chi connectivity index (χ0) is 22.1. The van der Waals surface area contributed by atoms with Gasteiger partial charge in [-0.15, -0.1) is 0 Å². The van der Waals surface area contributed by atoms with Gasteiger partial charge in [0, 0.05) is 36.3 Å². The molecule has 0 saturated heterocycles. The molecule has 0 saturated carbocycles. The molecule has 0 aliphatic carbocycles. The summed E-state index contributed by atoms with van der Waals surface area (Å²) in [5, 5.41) is 12.9. The number of carbonyl (C=O) groups is 2. The summed E-state index contributed by atoms with van der Waals surface area (Å²) < 4.78 is 4.99. The van der Waals surface area contributed by atoms with Gasteiger partial charge in [0.2, 0.25) is 0 Å². The third kappa shape index (κ3) is 5.91. The van der Waals surface area contributed by atoms with Gasteiger partial charge < -0.3 is 20.9 Å². The van der Waals surface area contributed by atoms with Gasteiger partial charge in [-0.25, -0.2) is 4.98 Å². The van der Waals surface area contributed by atoms with Crippen molar-refractivity contribution in [3.63, 3.8) is 0 Å². The summed E-state index contributed by atoms with van der Waals surface area (Å²) in [6.45, 7) is 5.32. The number of hydrogen-bond donors (Lipinski definition) is 3. The number of aliphatic imine (C=N–C) groups is 1. The number of rotatable bonds is 8. The second-order valence-corrected chi connectivity index (χ2v) is 7.09. The van der Waals surface area contributed by atoms with Gasteiger partial charge in [-0.05, 0) is 39.0 Å². The van der Waals surface area contributed by atoms with Crippen LogP contribution in [0.5, 0.6) is 5.75 Å². The molecule has 0 fully saturated rings.